The topological polar surface area (TPSA) is 148 Å². The average molecular weight is 385 g/mol. The number of carbonyl (C=O) groups excluding carboxylic acids is 3. The maximum absolute atomic E-state index is 12.6. The van der Waals surface area contributed by atoms with Gasteiger partial charge in [-0.25, -0.2) is 0 Å². The Balaban J connectivity index is 2.80. The van der Waals surface area contributed by atoms with Crippen molar-refractivity contribution in [2.45, 2.75) is 44.9 Å². The molecule has 8 nitrogen and oxygen atoms in total. The van der Waals surface area contributed by atoms with Crippen molar-refractivity contribution < 1.29 is 19.5 Å². The molecule has 0 saturated heterocycles. The highest BCUT2D eigenvalue weighted by atomic mass is 32.1. The number of ketones is 1. The number of amides is 2. The lowest BCUT2D eigenvalue weighted by molar-refractivity contribution is -0.135. The number of thiophene rings is 1. The molecule has 0 fully saturated rings. The van der Waals surface area contributed by atoms with E-state index in [-0.39, 0.29) is 18.2 Å². The Bertz CT molecular complexity index is 592. The number of nitrogens with one attached hydrogen (secondary N) is 2. The summed E-state index contributed by atoms with van der Waals surface area (Å²) in [6.07, 6.45) is -0.183. The molecule has 146 valence electrons. The van der Waals surface area contributed by atoms with Gasteiger partial charge in [-0.1, -0.05) is 0 Å². The Morgan fingerprint density at radius 1 is 1.23 bits per heavy atom. The van der Waals surface area contributed by atoms with Crippen molar-refractivity contribution in [3.8, 4) is 0 Å². The Morgan fingerprint density at radius 3 is 2.38 bits per heavy atom. The summed E-state index contributed by atoms with van der Waals surface area (Å²) < 4.78 is 0. The van der Waals surface area contributed by atoms with Crippen LogP contribution in [-0.2, 0) is 20.8 Å². The van der Waals surface area contributed by atoms with Crippen LogP contribution in [0.5, 0.6) is 0 Å². The smallest absolute Gasteiger partial charge is 0.245 e. The van der Waals surface area contributed by atoms with E-state index in [4.69, 9.17) is 11.5 Å². The Morgan fingerprint density at radius 2 is 1.92 bits per heavy atom. The van der Waals surface area contributed by atoms with Crippen LogP contribution in [0.15, 0.2) is 16.8 Å². The summed E-state index contributed by atoms with van der Waals surface area (Å²) in [5.74, 6) is -1.73. The first kappa shape index (κ1) is 22.2. The van der Waals surface area contributed by atoms with E-state index in [2.05, 4.69) is 10.6 Å². The molecular weight excluding hydrogens is 356 g/mol. The van der Waals surface area contributed by atoms with Crippen molar-refractivity contribution in [2.24, 2.45) is 17.4 Å². The Hall–Kier alpha value is -1.81. The molecule has 2 unspecified atom stereocenters. The summed E-state index contributed by atoms with van der Waals surface area (Å²) in [6, 6.07) is -0.107. The van der Waals surface area contributed by atoms with Crippen LogP contribution in [0.1, 0.15) is 25.8 Å². The minimum Gasteiger partial charge on any atom is -0.391 e. The third-order valence-electron chi connectivity index (χ3n) is 4.05. The first-order chi connectivity index (χ1) is 12.3. The van der Waals surface area contributed by atoms with Crippen LogP contribution in [0.3, 0.4) is 0 Å². The predicted molar refractivity (Wildman–Crippen MR) is 100 cm³/mol. The van der Waals surface area contributed by atoms with Gasteiger partial charge in [-0.2, -0.15) is 11.3 Å². The molecule has 0 radical (unpaired) electrons. The van der Waals surface area contributed by atoms with Crippen molar-refractivity contribution in [3.63, 3.8) is 0 Å². The van der Waals surface area contributed by atoms with Gasteiger partial charge >= 0.3 is 0 Å². The van der Waals surface area contributed by atoms with E-state index in [1.54, 1.807) is 0 Å². The lowest BCUT2D eigenvalue weighted by Crippen LogP contribution is -2.57. The number of rotatable bonds is 11. The largest absolute Gasteiger partial charge is 0.391 e. The molecule has 7 N–H and O–H groups in total. The van der Waals surface area contributed by atoms with Gasteiger partial charge in [0.25, 0.3) is 0 Å². The van der Waals surface area contributed by atoms with E-state index in [1.165, 1.54) is 25.2 Å². The number of carbonyl (C=O) groups is 3. The fourth-order valence-electron chi connectivity index (χ4n) is 2.48. The van der Waals surface area contributed by atoms with Crippen molar-refractivity contribution in [3.05, 3.63) is 22.4 Å². The van der Waals surface area contributed by atoms with Crippen LogP contribution < -0.4 is 22.1 Å². The van der Waals surface area contributed by atoms with Gasteiger partial charge in [0.05, 0.1) is 12.1 Å². The SMILES string of the molecule is CC(=O)[C@H](CN)NC(=O)[C@@H](NC(=O)C(CCN)Cc1ccsc1)C(C)O. The third-order valence-corrected chi connectivity index (χ3v) is 4.79. The normalized spacial score (nSPS) is 15.6. The standard InChI is InChI=1S/C17H28N4O4S/c1-10(22)14(8-19)20-17(25)15(11(2)23)21-16(24)13(3-5-18)7-12-4-6-26-9-12/h4,6,9,11,13-15,23H,3,5,7-8,18-19H2,1-2H3,(H,20,25)(H,21,24)/t11?,13?,14-,15-/m0/s1. The maximum Gasteiger partial charge on any atom is 0.245 e. The second-order valence-electron chi connectivity index (χ2n) is 6.24. The van der Waals surface area contributed by atoms with Gasteiger partial charge in [-0.3, -0.25) is 14.4 Å². The molecule has 4 atom stereocenters. The van der Waals surface area contributed by atoms with Gasteiger partial charge in [0.15, 0.2) is 5.78 Å². The van der Waals surface area contributed by atoms with Crippen LogP contribution >= 0.6 is 11.3 Å². The zero-order chi connectivity index (χ0) is 19.7. The van der Waals surface area contributed by atoms with Gasteiger partial charge < -0.3 is 27.2 Å². The second-order valence-corrected chi connectivity index (χ2v) is 7.02. The quantitative estimate of drug-likeness (QED) is 0.336. The van der Waals surface area contributed by atoms with Crippen LogP contribution in [0, 0.1) is 5.92 Å². The van der Waals surface area contributed by atoms with Gasteiger partial charge in [0.1, 0.15) is 6.04 Å². The number of aliphatic hydroxyl groups is 1. The molecule has 0 aromatic carbocycles. The predicted octanol–water partition coefficient (Wildman–Crippen LogP) is -0.846. The fraction of sp³-hybridized carbons (Fsp3) is 0.588. The van der Waals surface area contributed by atoms with E-state index in [0.29, 0.717) is 19.4 Å². The monoisotopic (exact) mass is 384 g/mol. The molecule has 9 heteroatoms. The van der Waals surface area contributed by atoms with Gasteiger partial charge in [0, 0.05) is 12.5 Å². The Labute approximate surface area is 157 Å². The van der Waals surface area contributed by atoms with E-state index in [9.17, 15) is 19.5 Å². The number of aliphatic hydroxyl groups excluding tert-OH is 1. The molecule has 1 aromatic heterocycles. The summed E-state index contributed by atoms with van der Waals surface area (Å²) in [4.78, 5) is 36.4. The van der Waals surface area contributed by atoms with Crippen molar-refractivity contribution >= 4 is 28.9 Å². The van der Waals surface area contributed by atoms with Crippen molar-refractivity contribution in [2.75, 3.05) is 13.1 Å². The Kier molecular flexibility index (Phi) is 9.42. The number of Topliss-reactive ketones (excluding diaryl/α,β-unsaturated/α-hetero) is 1. The van der Waals surface area contributed by atoms with E-state index in [1.807, 2.05) is 16.8 Å². The van der Waals surface area contributed by atoms with Crippen LogP contribution in [0.4, 0.5) is 0 Å². The summed E-state index contributed by atoms with van der Waals surface area (Å²) in [6.45, 7) is 2.97. The molecular formula is C17H28N4O4S. The fourth-order valence-corrected chi connectivity index (χ4v) is 3.17. The highest BCUT2D eigenvalue weighted by molar-refractivity contribution is 7.07. The van der Waals surface area contributed by atoms with Gasteiger partial charge in [-0.15, -0.1) is 0 Å². The lowest BCUT2D eigenvalue weighted by atomic mass is 9.96. The van der Waals surface area contributed by atoms with Gasteiger partial charge in [-0.05, 0) is 55.6 Å². The first-order valence-electron chi connectivity index (χ1n) is 8.50. The van der Waals surface area contributed by atoms with Crippen molar-refractivity contribution in [1.29, 1.82) is 0 Å². The third kappa shape index (κ3) is 6.83. The molecule has 2 amide bonds. The summed E-state index contributed by atoms with van der Waals surface area (Å²) in [7, 11) is 0. The maximum atomic E-state index is 12.6. The summed E-state index contributed by atoms with van der Waals surface area (Å²) >= 11 is 1.54. The highest BCUT2D eigenvalue weighted by Gasteiger charge is 2.30. The van der Waals surface area contributed by atoms with Crippen LogP contribution in [0.2, 0.25) is 0 Å². The molecule has 0 aliphatic carbocycles. The molecule has 0 spiro atoms. The van der Waals surface area contributed by atoms with E-state index < -0.39 is 30.0 Å². The molecule has 0 aliphatic rings. The molecule has 1 heterocycles. The number of hydrogen-bond acceptors (Lipinski definition) is 7. The van der Waals surface area contributed by atoms with E-state index in [0.717, 1.165) is 5.56 Å². The highest BCUT2D eigenvalue weighted by Crippen LogP contribution is 2.15. The first-order valence-corrected chi connectivity index (χ1v) is 9.44. The van der Waals surface area contributed by atoms with E-state index >= 15 is 0 Å². The average Bonchev–Trinajstić information content (AvgIpc) is 3.09. The molecule has 1 rings (SSSR count). The second kappa shape index (κ2) is 11.0. The molecule has 0 saturated carbocycles. The lowest BCUT2D eigenvalue weighted by Gasteiger charge is -2.25. The van der Waals surface area contributed by atoms with Crippen molar-refractivity contribution in [1.82, 2.24) is 10.6 Å². The number of hydrogen-bond donors (Lipinski definition) is 5. The molecule has 1 aromatic rings. The molecule has 26 heavy (non-hydrogen) atoms. The minimum absolute atomic E-state index is 0.0600. The van der Waals surface area contributed by atoms with Crippen LogP contribution in [-0.4, -0.2) is 54.0 Å². The molecule has 0 aliphatic heterocycles. The summed E-state index contributed by atoms with van der Waals surface area (Å²) in [5, 5.41) is 18.8. The summed E-state index contributed by atoms with van der Waals surface area (Å²) in [5.41, 5.74) is 12.1. The molecule has 0 bridgehead atoms. The number of nitrogens with two attached hydrogens (primary N) is 2. The van der Waals surface area contributed by atoms with Gasteiger partial charge in [0.2, 0.25) is 11.8 Å². The minimum atomic E-state index is -1.18. The zero-order valence-electron chi connectivity index (χ0n) is 15.1. The van der Waals surface area contributed by atoms with Crippen LogP contribution in [0.25, 0.3) is 0 Å². The zero-order valence-corrected chi connectivity index (χ0v) is 15.9.